The van der Waals surface area contributed by atoms with E-state index >= 15 is 0 Å². The lowest BCUT2D eigenvalue weighted by molar-refractivity contribution is 0.861. The van der Waals surface area contributed by atoms with E-state index in [1.165, 1.54) is 0 Å². The third-order valence-electron chi connectivity index (χ3n) is 2.20. The minimum atomic E-state index is -0.114. The smallest absolute Gasteiger partial charge is 0.256 e. The number of H-pyrrole nitrogens is 1. The quantitative estimate of drug-likeness (QED) is 0.729. The lowest BCUT2D eigenvalue weighted by Crippen LogP contribution is -2.19. The van der Waals surface area contributed by atoms with Crippen molar-refractivity contribution < 1.29 is 0 Å². The number of hydrogen-bond donors (Lipinski definition) is 2. The van der Waals surface area contributed by atoms with Crippen LogP contribution in [0.15, 0.2) is 17.1 Å². The minimum absolute atomic E-state index is 0.114. The lowest BCUT2D eigenvalue weighted by atomic mass is 10.2. The standard InChI is InChI=1S/C9H12N4O/c1-2-3-6-8(10)13-7(4-5-11-13)12-9(6)14/h4-5H,2-3,10H2,1H3,(H,12,14). The number of nitrogen functional groups attached to an aromatic ring is 1. The van der Waals surface area contributed by atoms with Gasteiger partial charge in [-0.1, -0.05) is 13.3 Å². The summed E-state index contributed by atoms with van der Waals surface area (Å²) in [5.41, 5.74) is 6.96. The number of hydrogen-bond acceptors (Lipinski definition) is 3. The first-order chi connectivity index (χ1) is 6.74. The molecule has 0 aliphatic carbocycles. The Morgan fingerprint density at radius 3 is 3.14 bits per heavy atom. The van der Waals surface area contributed by atoms with Crippen LogP contribution in [0, 0.1) is 0 Å². The van der Waals surface area contributed by atoms with Crippen molar-refractivity contribution in [3.8, 4) is 0 Å². The van der Waals surface area contributed by atoms with Crippen LogP contribution in [0.3, 0.4) is 0 Å². The zero-order chi connectivity index (χ0) is 10.1. The van der Waals surface area contributed by atoms with Gasteiger partial charge in [-0.25, -0.2) is 4.52 Å². The molecular formula is C9H12N4O. The van der Waals surface area contributed by atoms with Crippen molar-refractivity contribution in [2.75, 3.05) is 5.73 Å². The molecule has 0 fully saturated rings. The molecule has 0 atom stereocenters. The second-order valence-electron chi connectivity index (χ2n) is 3.20. The Labute approximate surface area is 80.6 Å². The van der Waals surface area contributed by atoms with Crippen LogP contribution in [0.4, 0.5) is 5.82 Å². The van der Waals surface area contributed by atoms with Crippen molar-refractivity contribution in [1.82, 2.24) is 14.6 Å². The maximum absolute atomic E-state index is 11.6. The molecule has 0 spiro atoms. The number of nitrogens with zero attached hydrogens (tertiary/aromatic N) is 2. The summed E-state index contributed by atoms with van der Waals surface area (Å²) in [5, 5.41) is 4.02. The summed E-state index contributed by atoms with van der Waals surface area (Å²) in [7, 11) is 0. The molecule has 0 aromatic carbocycles. The summed E-state index contributed by atoms with van der Waals surface area (Å²) in [5.74, 6) is 0.440. The van der Waals surface area contributed by atoms with Crippen molar-refractivity contribution in [1.29, 1.82) is 0 Å². The number of fused-ring (bicyclic) bond motifs is 1. The Kier molecular flexibility index (Phi) is 1.99. The highest BCUT2D eigenvalue weighted by atomic mass is 16.1. The first-order valence-corrected chi connectivity index (χ1v) is 4.58. The number of aromatic nitrogens is 3. The number of nitrogens with one attached hydrogen (secondary N) is 1. The Morgan fingerprint density at radius 2 is 2.43 bits per heavy atom. The molecule has 2 heterocycles. The molecule has 2 rings (SSSR count). The third-order valence-corrected chi connectivity index (χ3v) is 2.20. The van der Waals surface area contributed by atoms with Crippen LogP contribution >= 0.6 is 0 Å². The topological polar surface area (TPSA) is 76.2 Å². The fourth-order valence-corrected chi connectivity index (χ4v) is 1.52. The zero-order valence-corrected chi connectivity index (χ0v) is 7.95. The summed E-state index contributed by atoms with van der Waals surface area (Å²) < 4.78 is 1.55. The van der Waals surface area contributed by atoms with Gasteiger partial charge in [0, 0.05) is 6.07 Å². The molecule has 2 aromatic heterocycles. The first-order valence-electron chi connectivity index (χ1n) is 4.58. The van der Waals surface area contributed by atoms with E-state index in [0.29, 0.717) is 23.4 Å². The summed E-state index contributed by atoms with van der Waals surface area (Å²) in [6.07, 6.45) is 3.17. The zero-order valence-electron chi connectivity index (χ0n) is 7.95. The summed E-state index contributed by atoms with van der Waals surface area (Å²) in [4.78, 5) is 14.3. The fourth-order valence-electron chi connectivity index (χ4n) is 1.52. The van der Waals surface area contributed by atoms with Gasteiger partial charge in [0.1, 0.15) is 11.5 Å². The van der Waals surface area contributed by atoms with Gasteiger partial charge < -0.3 is 10.7 Å². The van der Waals surface area contributed by atoms with Gasteiger partial charge in [-0.15, -0.1) is 0 Å². The molecule has 74 valence electrons. The van der Waals surface area contributed by atoms with Crippen LogP contribution in [-0.4, -0.2) is 14.6 Å². The summed E-state index contributed by atoms with van der Waals surface area (Å²) in [6, 6.07) is 1.72. The predicted octanol–water partition coefficient (Wildman–Crippen LogP) is 0.557. The second kappa shape index (κ2) is 3.17. The highest BCUT2D eigenvalue weighted by Gasteiger charge is 2.08. The molecule has 0 amide bonds. The molecule has 0 bridgehead atoms. The van der Waals surface area contributed by atoms with Crippen LogP contribution in [0.2, 0.25) is 0 Å². The van der Waals surface area contributed by atoms with Gasteiger partial charge >= 0.3 is 0 Å². The van der Waals surface area contributed by atoms with E-state index in [1.807, 2.05) is 6.92 Å². The van der Waals surface area contributed by atoms with Gasteiger partial charge in [0.15, 0.2) is 0 Å². The van der Waals surface area contributed by atoms with Crippen molar-refractivity contribution in [3.05, 3.63) is 28.2 Å². The molecule has 0 saturated heterocycles. The van der Waals surface area contributed by atoms with E-state index in [2.05, 4.69) is 10.1 Å². The number of anilines is 1. The van der Waals surface area contributed by atoms with Gasteiger partial charge in [0.25, 0.3) is 5.56 Å². The van der Waals surface area contributed by atoms with Gasteiger partial charge in [-0.2, -0.15) is 5.10 Å². The van der Waals surface area contributed by atoms with Crippen LogP contribution in [0.25, 0.3) is 5.65 Å². The normalized spacial score (nSPS) is 10.9. The van der Waals surface area contributed by atoms with E-state index in [1.54, 1.807) is 16.8 Å². The van der Waals surface area contributed by atoms with Crippen molar-refractivity contribution in [2.45, 2.75) is 19.8 Å². The van der Waals surface area contributed by atoms with Crippen molar-refractivity contribution in [3.63, 3.8) is 0 Å². The second-order valence-corrected chi connectivity index (χ2v) is 3.20. The number of rotatable bonds is 2. The van der Waals surface area contributed by atoms with Crippen molar-refractivity contribution >= 4 is 11.5 Å². The molecule has 0 saturated carbocycles. The predicted molar refractivity (Wildman–Crippen MR) is 54.2 cm³/mol. The molecule has 0 unspecified atom stereocenters. The molecule has 0 aliphatic heterocycles. The molecule has 0 radical (unpaired) electrons. The Balaban J connectivity index is 2.75. The summed E-state index contributed by atoms with van der Waals surface area (Å²) in [6.45, 7) is 2.01. The molecule has 5 heteroatoms. The third kappa shape index (κ3) is 1.17. The number of nitrogens with two attached hydrogens (primary N) is 1. The van der Waals surface area contributed by atoms with Crippen molar-refractivity contribution in [2.24, 2.45) is 0 Å². The van der Waals surface area contributed by atoms with E-state index in [9.17, 15) is 4.79 Å². The Bertz CT molecular complexity index is 511. The minimum Gasteiger partial charge on any atom is -0.383 e. The van der Waals surface area contributed by atoms with E-state index in [4.69, 9.17) is 5.73 Å². The van der Waals surface area contributed by atoms with E-state index in [0.717, 1.165) is 6.42 Å². The molecule has 3 N–H and O–H groups in total. The molecule has 14 heavy (non-hydrogen) atoms. The summed E-state index contributed by atoms with van der Waals surface area (Å²) >= 11 is 0. The maximum Gasteiger partial charge on any atom is 0.256 e. The van der Waals surface area contributed by atoms with Crippen LogP contribution in [0.1, 0.15) is 18.9 Å². The van der Waals surface area contributed by atoms with Gasteiger partial charge in [-0.05, 0) is 6.42 Å². The Morgan fingerprint density at radius 1 is 1.64 bits per heavy atom. The SMILES string of the molecule is CCCc1c(N)n2nccc2[nH]c1=O. The molecule has 5 nitrogen and oxygen atoms in total. The highest BCUT2D eigenvalue weighted by molar-refractivity contribution is 5.49. The average molecular weight is 192 g/mol. The lowest BCUT2D eigenvalue weighted by Gasteiger charge is -2.04. The Hall–Kier alpha value is -1.78. The van der Waals surface area contributed by atoms with E-state index < -0.39 is 0 Å². The van der Waals surface area contributed by atoms with Crippen LogP contribution in [0.5, 0.6) is 0 Å². The maximum atomic E-state index is 11.6. The average Bonchev–Trinajstić information content (AvgIpc) is 2.60. The molecule has 2 aromatic rings. The van der Waals surface area contributed by atoms with Crippen LogP contribution in [-0.2, 0) is 6.42 Å². The molecule has 0 aliphatic rings. The fraction of sp³-hybridized carbons (Fsp3) is 0.333. The number of aromatic amines is 1. The van der Waals surface area contributed by atoms with Gasteiger partial charge in [0.05, 0.1) is 11.8 Å². The van der Waals surface area contributed by atoms with Gasteiger partial charge in [-0.3, -0.25) is 4.79 Å². The molecular weight excluding hydrogens is 180 g/mol. The monoisotopic (exact) mass is 192 g/mol. The van der Waals surface area contributed by atoms with E-state index in [-0.39, 0.29) is 5.56 Å². The largest absolute Gasteiger partial charge is 0.383 e. The van der Waals surface area contributed by atoms with Gasteiger partial charge in [0.2, 0.25) is 0 Å². The van der Waals surface area contributed by atoms with Crippen LogP contribution < -0.4 is 11.3 Å². The first kappa shape index (κ1) is 8.80. The highest BCUT2D eigenvalue weighted by Crippen LogP contribution is 2.09.